The maximum Gasteiger partial charge on any atom is 0.246 e. The molecule has 3 heterocycles. The molecule has 1 N–H and O–H groups in total. The zero-order chi connectivity index (χ0) is 31.8. The van der Waals surface area contributed by atoms with E-state index in [2.05, 4.69) is 4.98 Å². The molecule has 2 unspecified atom stereocenters. The summed E-state index contributed by atoms with van der Waals surface area (Å²) in [6.07, 6.45) is 4.74. The largest absolute Gasteiger partial charge is 0.497 e. The molecule has 2 atom stereocenters. The molecule has 0 aliphatic carbocycles. The van der Waals surface area contributed by atoms with E-state index in [1.807, 2.05) is 79.2 Å². The number of H-pyrrole nitrogens is 1. The van der Waals surface area contributed by atoms with Gasteiger partial charge in [-0.3, -0.25) is 14.4 Å². The first-order valence-electron chi connectivity index (χ1n) is 15.4. The number of benzene rings is 2. The Labute approximate surface area is 267 Å². The molecule has 10 heteroatoms. The van der Waals surface area contributed by atoms with Crippen molar-refractivity contribution in [3.8, 4) is 5.75 Å². The quantitative estimate of drug-likeness (QED) is 0.195. The number of amides is 3. The van der Waals surface area contributed by atoms with Gasteiger partial charge in [-0.25, -0.2) is 0 Å². The van der Waals surface area contributed by atoms with Crippen molar-refractivity contribution < 1.29 is 23.9 Å². The summed E-state index contributed by atoms with van der Waals surface area (Å²) in [6, 6.07) is 18.0. The molecule has 0 bridgehead atoms. The number of carbonyl (C=O) groups excluding carboxylic acids is 4. The van der Waals surface area contributed by atoms with Crippen molar-refractivity contribution >= 4 is 46.2 Å². The van der Waals surface area contributed by atoms with Gasteiger partial charge in [0.25, 0.3) is 0 Å². The van der Waals surface area contributed by atoms with Crippen molar-refractivity contribution in [1.82, 2.24) is 19.7 Å². The van der Waals surface area contributed by atoms with Gasteiger partial charge in [0.15, 0.2) is 0 Å². The number of hydrogen-bond donors (Lipinski definition) is 1. The van der Waals surface area contributed by atoms with Crippen LogP contribution in [0.4, 0.5) is 0 Å². The number of aldehydes is 1. The van der Waals surface area contributed by atoms with Gasteiger partial charge in [-0.2, -0.15) is 0 Å². The molecule has 45 heavy (non-hydrogen) atoms. The highest BCUT2D eigenvalue weighted by atomic mass is 32.1. The van der Waals surface area contributed by atoms with Crippen LogP contribution in [-0.4, -0.2) is 89.1 Å². The monoisotopic (exact) mass is 628 g/mol. The van der Waals surface area contributed by atoms with Gasteiger partial charge < -0.3 is 29.2 Å². The number of aromatic nitrogens is 1. The Kier molecular flexibility index (Phi) is 10.7. The van der Waals surface area contributed by atoms with E-state index >= 15 is 0 Å². The van der Waals surface area contributed by atoms with Gasteiger partial charge in [-0.05, 0) is 66.5 Å². The normalized spacial score (nSPS) is 15.8. The first-order valence-corrected chi connectivity index (χ1v) is 16.3. The zero-order valence-electron chi connectivity index (χ0n) is 25.8. The molecule has 1 aliphatic rings. The SMILES string of the molecule is CCC(C=O)N(CCc1c[nH]c2ccccc12)C(=O)CC1C(=O)N(CCc2ccc(OC)cc2)CC(=O)N1CCc1cccs1. The third kappa shape index (κ3) is 7.62. The molecule has 3 amide bonds. The Balaban J connectivity index is 1.34. The first-order chi connectivity index (χ1) is 21.9. The van der Waals surface area contributed by atoms with E-state index in [0.717, 1.165) is 38.9 Å². The van der Waals surface area contributed by atoms with Gasteiger partial charge in [0.2, 0.25) is 17.7 Å². The van der Waals surface area contributed by atoms with Crippen molar-refractivity contribution in [2.75, 3.05) is 33.3 Å². The highest BCUT2D eigenvalue weighted by Gasteiger charge is 2.41. The Morgan fingerprint density at radius 3 is 2.58 bits per heavy atom. The van der Waals surface area contributed by atoms with Crippen LogP contribution < -0.4 is 4.74 Å². The van der Waals surface area contributed by atoms with Crippen LogP contribution in [0, 0.1) is 0 Å². The molecule has 9 nitrogen and oxygen atoms in total. The van der Waals surface area contributed by atoms with Crippen LogP contribution in [-0.2, 0) is 38.4 Å². The molecular weight excluding hydrogens is 588 g/mol. The number of nitrogens with one attached hydrogen (secondary N) is 1. The highest BCUT2D eigenvalue weighted by molar-refractivity contribution is 7.09. The number of rotatable bonds is 15. The van der Waals surface area contributed by atoms with Crippen molar-refractivity contribution in [2.24, 2.45) is 0 Å². The smallest absolute Gasteiger partial charge is 0.246 e. The van der Waals surface area contributed by atoms with Gasteiger partial charge in [-0.1, -0.05) is 43.3 Å². The minimum absolute atomic E-state index is 0.0275. The topological polar surface area (TPSA) is 103 Å². The summed E-state index contributed by atoms with van der Waals surface area (Å²) in [4.78, 5) is 62.8. The average molecular weight is 629 g/mol. The number of nitrogens with zero attached hydrogens (tertiary/aromatic N) is 3. The molecule has 2 aromatic carbocycles. The van der Waals surface area contributed by atoms with Gasteiger partial charge in [0.05, 0.1) is 26.1 Å². The lowest BCUT2D eigenvalue weighted by atomic mass is 10.0. The predicted octanol–water partition coefficient (Wildman–Crippen LogP) is 4.50. The summed E-state index contributed by atoms with van der Waals surface area (Å²) in [5.41, 5.74) is 3.08. The minimum atomic E-state index is -0.936. The van der Waals surface area contributed by atoms with Crippen molar-refractivity contribution in [2.45, 2.75) is 51.1 Å². The average Bonchev–Trinajstić information content (AvgIpc) is 3.74. The second kappa shape index (κ2) is 15.0. The third-order valence-corrected chi connectivity index (χ3v) is 9.53. The standard InChI is InChI=1S/C35H40N4O5S/c1-3-27(24-40)38(18-15-26-22-36-31-9-5-4-8-30(26)31)33(41)21-32-35(43)37(17-14-25-10-12-28(44-2)13-11-25)23-34(42)39(32)19-16-29-7-6-20-45-29/h4-13,20,22,24,27,32,36H,3,14-19,21,23H2,1-2H3. The summed E-state index contributed by atoms with van der Waals surface area (Å²) in [7, 11) is 1.61. The first kappa shape index (κ1) is 32.0. The Bertz CT molecular complexity index is 1600. The number of hydrogen-bond acceptors (Lipinski definition) is 6. The number of methoxy groups -OCH3 is 1. The molecule has 0 saturated carbocycles. The van der Waals surface area contributed by atoms with Gasteiger partial charge in [0.1, 0.15) is 18.1 Å². The van der Waals surface area contributed by atoms with E-state index in [-0.39, 0.29) is 30.7 Å². The maximum atomic E-state index is 14.0. The predicted molar refractivity (Wildman–Crippen MR) is 175 cm³/mol. The Morgan fingerprint density at radius 1 is 1.07 bits per heavy atom. The summed E-state index contributed by atoms with van der Waals surface area (Å²) in [5, 5.41) is 3.06. The lowest BCUT2D eigenvalue weighted by Crippen LogP contribution is -2.61. The highest BCUT2D eigenvalue weighted by Crippen LogP contribution is 2.23. The van der Waals surface area contributed by atoms with E-state index < -0.39 is 12.1 Å². The molecule has 2 aromatic heterocycles. The number of para-hydroxylation sites is 1. The van der Waals surface area contributed by atoms with Crippen LogP contribution in [0.2, 0.25) is 0 Å². The lowest BCUT2D eigenvalue weighted by Gasteiger charge is -2.41. The zero-order valence-corrected chi connectivity index (χ0v) is 26.6. The van der Waals surface area contributed by atoms with Crippen molar-refractivity contribution in [3.63, 3.8) is 0 Å². The Morgan fingerprint density at radius 2 is 1.87 bits per heavy atom. The van der Waals surface area contributed by atoms with E-state index in [1.54, 1.807) is 33.1 Å². The molecular formula is C35H40N4O5S. The molecule has 1 aliphatic heterocycles. The number of ether oxygens (including phenoxy) is 1. The second-order valence-electron chi connectivity index (χ2n) is 11.3. The van der Waals surface area contributed by atoms with Gasteiger partial charge >= 0.3 is 0 Å². The van der Waals surface area contributed by atoms with Gasteiger partial charge in [0, 0.05) is 41.6 Å². The fourth-order valence-corrected chi connectivity index (χ4v) is 6.68. The van der Waals surface area contributed by atoms with E-state index in [1.165, 1.54) is 0 Å². The molecule has 236 valence electrons. The summed E-state index contributed by atoms with van der Waals surface area (Å²) in [5.74, 6) is 0.0285. The van der Waals surface area contributed by atoms with Crippen LogP contribution >= 0.6 is 11.3 Å². The number of fused-ring (bicyclic) bond motifs is 1. The number of thiophene rings is 1. The molecule has 4 aromatic rings. The summed E-state index contributed by atoms with van der Waals surface area (Å²) >= 11 is 1.60. The second-order valence-corrected chi connectivity index (χ2v) is 12.3. The number of piperazine rings is 1. The minimum Gasteiger partial charge on any atom is -0.497 e. The van der Waals surface area contributed by atoms with E-state index in [0.29, 0.717) is 45.3 Å². The van der Waals surface area contributed by atoms with Crippen LogP contribution in [0.3, 0.4) is 0 Å². The number of carbonyl (C=O) groups is 4. The van der Waals surface area contributed by atoms with Crippen LogP contribution in [0.5, 0.6) is 5.75 Å². The number of aromatic amines is 1. The molecule has 5 rings (SSSR count). The lowest BCUT2D eigenvalue weighted by molar-refractivity contribution is -0.158. The maximum absolute atomic E-state index is 14.0. The van der Waals surface area contributed by atoms with E-state index in [4.69, 9.17) is 4.74 Å². The van der Waals surface area contributed by atoms with Gasteiger partial charge in [-0.15, -0.1) is 11.3 Å². The van der Waals surface area contributed by atoms with Crippen molar-refractivity contribution in [3.05, 3.63) is 88.2 Å². The molecule has 0 spiro atoms. The van der Waals surface area contributed by atoms with Crippen LogP contribution in [0.15, 0.2) is 72.2 Å². The van der Waals surface area contributed by atoms with E-state index in [9.17, 15) is 19.2 Å². The molecule has 1 saturated heterocycles. The fraction of sp³-hybridized carbons (Fsp3) is 0.371. The molecule has 1 fully saturated rings. The summed E-state index contributed by atoms with van der Waals surface area (Å²) < 4.78 is 5.24. The summed E-state index contributed by atoms with van der Waals surface area (Å²) in [6.45, 7) is 2.87. The third-order valence-electron chi connectivity index (χ3n) is 8.59. The van der Waals surface area contributed by atoms with Crippen LogP contribution in [0.25, 0.3) is 10.9 Å². The molecule has 0 radical (unpaired) electrons. The fourth-order valence-electron chi connectivity index (χ4n) is 5.99. The van der Waals surface area contributed by atoms with Crippen molar-refractivity contribution in [1.29, 1.82) is 0 Å². The Hall–Kier alpha value is -4.44. The van der Waals surface area contributed by atoms with Crippen LogP contribution in [0.1, 0.15) is 35.8 Å².